The molecule has 0 aliphatic carbocycles. The molecule has 0 aromatic rings. The highest BCUT2D eigenvalue weighted by Gasteiger charge is 2.13. The molecule has 0 spiro atoms. The standard InChI is InChI=1S/C7H13O4P/c1-5(2)7(8)11-6(3)4-12(9)10/h6,9-10H,1,4H2,2-3H3. The summed E-state index contributed by atoms with van der Waals surface area (Å²) < 4.78 is 4.78. The van der Waals surface area contributed by atoms with Crippen LogP contribution >= 0.6 is 8.38 Å². The van der Waals surface area contributed by atoms with Gasteiger partial charge in [0.05, 0.1) is 6.16 Å². The average molecular weight is 192 g/mol. The summed E-state index contributed by atoms with van der Waals surface area (Å²) in [7, 11) is -2.00. The van der Waals surface area contributed by atoms with Gasteiger partial charge in [-0.1, -0.05) is 6.58 Å². The van der Waals surface area contributed by atoms with E-state index < -0.39 is 20.4 Å². The second-order valence-electron chi connectivity index (χ2n) is 2.55. The van der Waals surface area contributed by atoms with E-state index in [1.54, 1.807) is 6.92 Å². The molecule has 4 nitrogen and oxygen atoms in total. The Morgan fingerprint density at radius 3 is 2.50 bits per heavy atom. The molecule has 1 unspecified atom stereocenters. The van der Waals surface area contributed by atoms with Crippen molar-refractivity contribution in [1.29, 1.82) is 0 Å². The van der Waals surface area contributed by atoms with Gasteiger partial charge in [0, 0.05) is 5.57 Å². The zero-order chi connectivity index (χ0) is 9.72. The van der Waals surface area contributed by atoms with Gasteiger partial charge >= 0.3 is 5.97 Å². The van der Waals surface area contributed by atoms with E-state index in [0.29, 0.717) is 5.57 Å². The second-order valence-corrected chi connectivity index (χ2v) is 3.66. The molecule has 70 valence electrons. The smallest absolute Gasteiger partial charge is 0.333 e. The number of hydrogen-bond donors (Lipinski definition) is 2. The van der Waals surface area contributed by atoms with E-state index in [2.05, 4.69) is 6.58 Å². The van der Waals surface area contributed by atoms with Crippen molar-refractivity contribution in [2.45, 2.75) is 20.0 Å². The predicted octanol–water partition coefficient (Wildman–Crippen LogP) is 0.791. The van der Waals surface area contributed by atoms with E-state index >= 15 is 0 Å². The van der Waals surface area contributed by atoms with Crippen LogP contribution in [0.15, 0.2) is 12.2 Å². The minimum Gasteiger partial charge on any atom is -0.459 e. The van der Waals surface area contributed by atoms with Gasteiger partial charge in [0.1, 0.15) is 6.10 Å². The zero-order valence-corrected chi connectivity index (χ0v) is 8.04. The van der Waals surface area contributed by atoms with Gasteiger partial charge in [-0.25, -0.2) is 4.79 Å². The lowest BCUT2D eigenvalue weighted by molar-refractivity contribution is -0.142. The molecule has 0 saturated heterocycles. The quantitative estimate of drug-likeness (QED) is 0.392. The van der Waals surface area contributed by atoms with Crippen LogP contribution in [0.2, 0.25) is 0 Å². The van der Waals surface area contributed by atoms with Crippen molar-refractivity contribution in [1.82, 2.24) is 0 Å². The summed E-state index contributed by atoms with van der Waals surface area (Å²) >= 11 is 0. The van der Waals surface area contributed by atoms with Gasteiger partial charge in [-0.3, -0.25) is 0 Å². The number of ether oxygens (including phenoxy) is 1. The molecule has 0 aliphatic rings. The number of carbonyl (C=O) groups excluding carboxylic acids is 1. The maximum atomic E-state index is 10.9. The Morgan fingerprint density at radius 1 is 1.67 bits per heavy atom. The molecule has 0 bridgehead atoms. The highest BCUT2D eigenvalue weighted by Crippen LogP contribution is 2.24. The molecular formula is C7H13O4P. The first-order valence-electron chi connectivity index (χ1n) is 3.45. The Labute approximate surface area is 72.8 Å². The molecule has 0 rings (SSSR count). The molecule has 0 aliphatic heterocycles. The van der Waals surface area contributed by atoms with E-state index in [-0.39, 0.29) is 6.16 Å². The van der Waals surface area contributed by atoms with Crippen LogP contribution in [0.5, 0.6) is 0 Å². The summed E-state index contributed by atoms with van der Waals surface area (Å²) in [5.74, 6) is -0.501. The highest BCUT2D eigenvalue weighted by molar-refractivity contribution is 7.45. The van der Waals surface area contributed by atoms with E-state index in [0.717, 1.165) is 0 Å². The van der Waals surface area contributed by atoms with Crippen molar-refractivity contribution in [3.05, 3.63) is 12.2 Å². The average Bonchev–Trinajstić information content (AvgIpc) is 1.84. The lowest BCUT2D eigenvalue weighted by Gasteiger charge is -2.12. The van der Waals surface area contributed by atoms with Crippen LogP contribution in [-0.4, -0.2) is 28.0 Å². The van der Waals surface area contributed by atoms with E-state index in [1.807, 2.05) is 0 Å². The minimum absolute atomic E-state index is 0.0777. The number of esters is 1. The SMILES string of the molecule is C=C(C)C(=O)OC(C)CP(O)O. The number of hydrogen-bond acceptors (Lipinski definition) is 4. The molecule has 1 atom stereocenters. The molecule has 0 heterocycles. The summed E-state index contributed by atoms with van der Waals surface area (Å²) in [4.78, 5) is 28.0. The zero-order valence-electron chi connectivity index (χ0n) is 7.15. The molecule has 0 aromatic heterocycles. The Morgan fingerprint density at radius 2 is 2.17 bits per heavy atom. The fourth-order valence-corrected chi connectivity index (χ4v) is 1.09. The van der Waals surface area contributed by atoms with Crippen LogP contribution in [0.3, 0.4) is 0 Å². The van der Waals surface area contributed by atoms with Crippen LogP contribution < -0.4 is 0 Å². The van der Waals surface area contributed by atoms with Crippen LogP contribution in [-0.2, 0) is 9.53 Å². The summed E-state index contributed by atoms with van der Waals surface area (Å²) in [6, 6.07) is 0. The third-order valence-electron chi connectivity index (χ3n) is 1.08. The number of carbonyl (C=O) groups is 1. The van der Waals surface area contributed by atoms with E-state index in [1.165, 1.54) is 6.92 Å². The fourth-order valence-electron chi connectivity index (χ4n) is 0.551. The molecule has 0 saturated carbocycles. The van der Waals surface area contributed by atoms with Gasteiger partial charge in [-0.2, -0.15) is 0 Å². The normalized spacial score (nSPS) is 12.8. The van der Waals surface area contributed by atoms with E-state index in [9.17, 15) is 4.79 Å². The molecule has 0 radical (unpaired) electrons. The van der Waals surface area contributed by atoms with Gasteiger partial charge in [0.2, 0.25) is 0 Å². The largest absolute Gasteiger partial charge is 0.459 e. The molecule has 0 aromatic carbocycles. The van der Waals surface area contributed by atoms with Gasteiger partial charge < -0.3 is 14.5 Å². The highest BCUT2D eigenvalue weighted by atomic mass is 31.2. The molecule has 2 N–H and O–H groups in total. The van der Waals surface area contributed by atoms with Crippen molar-refractivity contribution < 1.29 is 19.3 Å². The Bertz CT molecular complexity index is 178. The van der Waals surface area contributed by atoms with Gasteiger partial charge in [0.15, 0.2) is 8.38 Å². The van der Waals surface area contributed by atoms with Gasteiger partial charge in [-0.05, 0) is 13.8 Å². The van der Waals surface area contributed by atoms with Crippen molar-refractivity contribution in [3.63, 3.8) is 0 Å². The fraction of sp³-hybridized carbons (Fsp3) is 0.571. The van der Waals surface area contributed by atoms with Crippen LogP contribution in [0.1, 0.15) is 13.8 Å². The maximum absolute atomic E-state index is 10.9. The van der Waals surface area contributed by atoms with E-state index in [4.69, 9.17) is 14.5 Å². The molecule has 12 heavy (non-hydrogen) atoms. The Hall–Kier alpha value is -0.440. The Balaban J connectivity index is 3.76. The van der Waals surface area contributed by atoms with Crippen molar-refractivity contribution in [2.75, 3.05) is 6.16 Å². The third-order valence-corrected chi connectivity index (χ3v) is 1.92. The van der Waals surface area contributed by atoms with Gasteiger partial charge in [0.25, 0.3) is 0 Å². The second kappa shape index (κ2) is 5.25. The van der Waals surface area contributed by atoms with Crippen LogP contribution in [0.25, 0.3) is 0 Å². The minimum atomic E-state index is -2.00. The van der Waals surface area contributed by atoms with Crippen molar-refractivity contribution >= 4 is 14.3 Å². The molecular weight excluding hydrogens is 179 g/mol. The maximum Gasteiger partial charge on any atom is 0.333 e. The first-order valence-corrected chi connectivity index (χ1v) is 4.88. The Kier molecular flexibility index (Phi) is 5.06. The summed E-state index contributed by atoms with van der Waals surface area (Å²) in [5.41, 5.74) is 0.307. The molecule has 0 amide bonds. The molecule has 5 heteroatoms. The summed E-state index contributed by atoms with van der Waals surface area (Å²) in [5, 5.41) is 0. The monoisotopic (exact) mass is 192 g/mol. The first kappa shape index (κ1) is 11.6. The van der Waals surface area contributed by atoms with Gasteiger partial charge in [-0.15, -0.1) is 0 Å². The first-order chi connectivity index (χ1) is 5.43. The van der Waals surface area contributed by atoms with Crippen molar-refractivity contribution in [3.8, 4) is 0 Å². The van der Waals surface area contributed by atoms with Crippen LogP contribution in [0.4, 0.5) is 0 Å². The number of rotatable bonds is 4. The summed E-state index contributed by atoms with van der Waals surface area (Å²) in [6.07, 6.45) is -0.399. The third kappa shape index (κ3) is 5.24. The topological polar surface area (TPSA) is 66.8 Å². The lowest BCUT2D eigenvalue weighted by atomic mass is 10.3. The predicted molar refractivity (Wildman–Crippen MR) is 46.6 cm³/mol. The molecule has 0 fully saturated rings. The van der Waals surface area contributed by atoms with Crippen molar-refractivity contribution in [2.24, 2.45) is 0 Å². The van der Waals surface area contributed by atoms with Crippen LogP contribution in [0, 0.1) is 0 Å². The lowest BCUT2D eigenvalue weighted by Crippen LogP contribution is -2.18. The summed E-state index contributed by atoms with van der Waals surface area (Å²) in [6.45, 7) is 6.53.